The first-order valence-electron chi connectivity index (χ1n) is 7.42. The zero-order valence-corrected chi connectivity index (χ0v) is 15.8. The average Bonchev–Trinajstić information content (AvgIpc) is 2.55. The van der Waals surface area contributed by atoms with Crippen LogP contribution >= 0.6 is 24.0 Å². The molecule has 6 nitrogen and oxygen atoms in total. The van der Waals surface area contributed by atoms with Crippen LogP contribution in [-0.4, -0.2) is 52.4 Å². The SMILES string of the molecule is COC1(C(=O)NCCS(=O)(=O)c2ccc(Cl)cc2)CCNCC1.Cl. The summed E-state index contributed by atoms with van der Waals surface area (Å²) in [4.78, 5) is 12.5. The van der Waals surface area contributed by atoms with Gasteiger partial charge in [0.2, 0.25) is 0 Å². The van der Waals surface area contributed by atoms with E-state index in [0.717, 1.165) is 0 Å². The van der Waals surface area contributed by atoms with Gasteiger partial charge < -0.3 is 15.4 Å². The molecule has 0 radical (unpaired) electrons. The molecule has 0 unspecified atom stereocenters. The lowest BCUT2D eigenvalue weighted by Gasteiger charge is -2.34. The van der Waals surface area contributed by atoms with Crippen LogP contribution in [0.5, 0.6) is 0 Å². The Hall–Kier alpha value is -0.860. The minimum absolute atomic E-state index is 0. The molecule has 0 spiro atoms. The standard InChI is InChI=1S/C15H21ClN2O4S.ClH/c1-22-15(6-8-17-9-7-15)14(19)18-10-11-23(20,21)13-4-2-12(16)3-5-13;/h2-5,17H,6-11H2,1H3,(H,18,19);1H. The van der Waals surface area contributed by atoms with Crippen molar-refractivity contribution >= 4 is 39.8 Å². The third kappa shape index (κ3) is 5.07. The fourth-order valence-corrected chi connectivity index (χ4v) is 3.86. The van der Waals surface area contributed by atoms with Crippen LogP contribution in [0, 0.1) is 0 Å². The summed E-state index contributed by atoms with van der Waals surface area (Å²) in [6.45, 7) is 1.44. The van der Waals surface area contributed by atoms with E-state index in [4.69, 9.17) is 16.3 Å². The van der Waals surface area contributed by atoms with E-state index in [1.165, 1.54) is 31.4 Å². The highest BCUT2D eigenvalue weighted by Crippen LogP contribution is 2.22. The molecule has 1 aromatic carbocycles. The molecule has 0 aromatic heterocycles. The second-order valence-corrected chi connectivity index (χ2v) is 8.02. The molecule has 24 heavy (non-hydrogen) atoms. The number of hydrogen-bond donors (Lipinski definition) is 2. The summed E-state index contributed by atoms with van der Waals surface area (Å²) in [5.41, 5.74) is -0.866. The Bertz CT molecular complexity index is 644. The van der Waals surface area contributed by atoms with Gasteiger partial charge in [0.25, 0.3) is 5.91 Å². The van der Waals surface area contributed by atoms with Gasteiger partial charge in [-0.25, -0.2) is 8.42 Å². The first-order chi connectivity index (χ1) is 10.9. The predicted molar refractivity (Wildman–Crippen MR) is 95.6 cm³/mol. The van der Waals surface area contributed by atoms with E-state index in [2.05, 4.69) is 10.6 Å². The summed E-state index contributed by atoms with van der Waals surface area (Å²) in [6.07, 6.45) is 1.14. The van der Waals surface area contributed by atoms with Crippen molar-refractivity contribution in [2.45, 2.75) is 23.3 Å². The van der Waals surface area contributed by atoms with Crippen LogP contribution < -0.4 is 10.6 Å². The third-order valence-electron chi connectivity index (χ3n) is 4.04. The zero-order valence-electron chi connectivity index (χ0n) is 13.4. The Morgan fingerprint density at radius 1 is 1.29 bits per heavy atom. The fraction of sp³-hybridized carbons (Fsp3) is 0.533. The lowest BCUT2D eigenvalue weighted by atomic mass is 9.91. The molecule has 2 N–H and O–H groups in total. The number of benzene rings is 1. The molecule has 1 aromatic rings. The normalized spacial score (nSPS) is 16.9. The van der Waals surface area contributed by atoms with E-state index in [0.29, 0.717) is 31.0 Å². The van der Waals surface area contributed by atoms with Crippen molar-refractivity contribution in [3.05, 3.63) is 29.3 Å². The molecular weight excluding hydrogens is 375 g/mol. The second kappa shape index (κ2) is 9.01. The summed E-state index contributed by atoms with van der Waals surface area (Å²) >= 11 is 5.75. The largest absolute Gasteiger partial charge is 0.368 e. The van der Waals surface area contributed by atoms with Crippen molar-refractivity contribution in [2.75, 3.05) is 32.5 Å². The molecule has 1 aliphatic rings. The van der Waals surface area contributed by atoms with Crippen molar-refractivity contribution in [1.29, 1.82) is 0 Å². The Morgan fingerprint density at radius 3 is 2.42 bits per heavy atom. The van der Waals surface area contributed by atoms with Crippen LogP contribution in [0.2, 0.25) is 5.02 Å². The summed E-state index contributed by atoms with van der Waals surface area (Å²) in [5.74, 6) is -0.425. The van der Waals surface area contributed by atoms with Crippen LogP contribution in [0.15, 0.2) is 29.2 Å². The fourth-order valence-electron chi connectivity index (χ4n) is 2.57. The molecule has 1 saturated heterocycles. The number of carbonyl (C=O) groups is 1. The molecule has 1 fully saturated rings. The Kier molecular flexibility index (Phi) is 7.95. The molecular formula is C15H22Cl2N2O4S. The minimum atomic E-state index is -3.46. The number of amides is 1. The highest BCUT2D eigenvalue weighted by Gasteiger charge is 2.39. The molecule has 9 heteroatoms. The maximum absolute atomic E-state index is 12.3. The van der Waals surface area contributed by atoms with Gasteiger partial charge in [-0.05, 0) is 50.2 Å². The lowest BCUT2D eigenvalue weighted by molar-refractivity contribution is -0.146. The summed E-state index contributed by atoms with van der Waals surface area (Å²) in [5, 5.41) is 6.33. The van der Waals surface area contributed by atoms with Gasteiger partial charge in [0.15, 0.2) is 9.84 Å². The number of methoxy groups -OCH3 is 1. The van der Waals surface area contributed by atoms with Gasteiger partial charge in [-0.3, -0.25) is 4.79 Å². The molecule has 0 atom stereocenters. The number of halogens is 2. The highest BCUT2D eigenvalue weighted by molar-refractivity contribution is 7.91. The van der Waals surface area contributed by atoms with Crippen LogP contribution in [0.25, 0.3) is 0 Å². The van der Waals surface area contributed by atoms with Crippen LogP contribution in [0.4, 0.5) is 0 Å². The maximum atomic E-state index is 12.3. The lowest BCUT2D eigenvalue weighted by Crippen LogP contribution is -2.54. The quantitative estimate of drug-likeness (QED) is 0.759. The third-order valence-corrected chi connectivity index (χ3v) is 6.03. The van der Waals surface area contributed by atoms with Crippen molar-refractivity contribution in [1.82, 2.24) is 10.6 Å². The van der Waals surface area contributed by atoms with E-state index in [-0.39, 0.29) is 35.5 Å². The van der Waals surface area contributed by atoms with Gasteiger partial charge in [-0.2, -0.15) is 0 Å². The van der Waals surface area contributed by atoms with Crippen LogP contribution in [0.3, 0.4) is 0 Å². The van der Waals surface area contributed by atoms with Crippen LogP contribution in [0.1, 0.15) is 12.8 Å². The predicted octanol–water partition coefficient (Wildman–Crippen LogP) is 1.42. The second-order valence-electron chi connectivity index (χ2n) is 5.48. The van der Waals surface area contributed by atoms with E-state index in [9.17, 15) is 13.2 Å². The summed E-state index contributed by atoms with van der Waals surface area (Å²) in [6, 6.07) is 5.98. The first-order valence-corrected chi connectivity index (χ1v) is 9.45. The molecule has 0 bridgehead atoms. The van der Waals surface area contributed by atoms with Crippen LogP contribution in [-0.2, 0) is 19.4 Å². The van der Waals surface area contributed by atoms with Crippen molar-refractivity contribution in [3.8, 4) is 0 Å². The van der Waals surface area contributed by atoms with Crippen molar-refractivity contribution in [3.63, 3.8) is 0 Å². The number of rotatable bonds is 6. The minimum Gasteiger partial charge on any atom is -0.368 e. The van der Waals surface area contributed by atoms with Gasteiger partial charge in [0.05, 0.1) is 10.6 Å². The van der Waals surface area contributed by atoms with Gasteiger partial charge in [-0.15, -0.1) is 12.4 Å². The van der Waals surface area contributed by atoms with Gasteiger partial charge in [0.1, 0.15) is 5.60 Å². The zero-order chi connectivity index (χ0) is 16.9. The first kappa shape index (κ1) is 21.2. The topological polar surface area (TPSA) is 84.5 Å². The number of nitrogens with one attached hydrogen (secondary N) is 2. The Labute approximate surface area is 153 Å². The summed E-state index contributed by atoms with van der Waals surface area (Å²) < 4.78 is 29.8. The molecule has 1 heterocycles. The van der Waals surface area contributed by atoms with E-state index in [1.807, 2.05) is 0 Å². The molecule has 2 rings (SSSR count). The summed E-state index contributed by atoms with van der Waals surface area (Å²) in [7, 11) is -1.95. The number of hydrogen-bond acceptors (Lipinski definition) is 5. The smallest absolute Gasteiger partial charge is 0.252 e. The molecule has 0 aliphatic carbocycles. The van der Waals surface area contributed by atoms with E-state index < -0.39 is 15.4 Å². The maximum Gasteiger partial charge on any atom is 0.252 e. The van der Waals surface area contributed by atoms with Gasteiger partial charge >= 0.3 is 0 Å². The van der Waals surface area contributed by atoms with E-state index in [1.54, 1.807) is 0 Å². The molecule has 1 aliphatic heterocycles. The van der Waals surface area contributed by atoms with Gasteiger partial charge in [-0.1, -0.05) is 11.6 Å². The average molecular weight is 397 g/mol. The Balaban J connectivity index is 0.00000288. The molecule has 136 valence electrons. The Morgan fingerprint density at radius 2 is 1.88 bits per heavy atom. The highest BCUT2D eigenvalue weighted by atomic mass is 35.5. The number of piperidine rings is 1. The monoisotopic (exact) mass is 396 g/mol. The molecule has 1 amide bonds. The van der Waals surface area contributed by atoms with Crippen molar-refractivity contribution in [2.24, 2.45) is 0 Å². The molecule has 0 saturated carbocycles. The van der Waals surface area contributed by atoms with Crippen molar-refractivity contribution < 1.29 is 17.9 Å². The van der Waals surface area contributed by atoms with E-state index >= 15 is 0 Å². The number of carbonyl (C=O) groups excluding carboxylic acids is 1. The number of ether oxygens (including phenoxy) is 1. The number of sulfone groups is 1. The van der Waals surface area contributed by atoms with Gasteiger partial charge in [0, 0.05) is 18.7 Å².